The van der Waals surface area contributed by atoms with Gasteiger partial charge in [0.05, 0.1) is 13.7 Å². The molecular formula is C15H19N7O. The van der Waals surface area contributed by atoms with Crippen molar-refractivity contribution < 1.29 is 4.74 Å². The highest BCUT2D eigenvalue weighted by Crippen LogP contribution is 2.28. The normalized spacial score (nSPS) is 10.9. The number of benzene rings is 1. The van der Waals surface area contributed by atoms with Crippen LogP contribution >= 0.6 is 0 Å². The van der Waals surface area contributed by atoms with Gasteiger partial charge in [-0.15, -0.1) is 10.2 Å². The number of rotatable bonds is 6. The average Bonchev–Trinajstić information content (AvgIpc) is 3.17. The maximum Gasteiger partial charge on any atom is 0.204 e. The molecule has 2 heterocycles. The summed E-state index contributed by atoms with van der Waals surface area (Å²) in [5.74, 6) is 1.53. The van der Waals surface area contributed by atoms with E-state index in [0.29, 0.717) is 12.4 Å². The average molecular weight is 313 g/mol. The molecule has 8 heteroatoms. The summed E-state index contributed by atoms with van der Waals surface area (Å²) < 4.78 is 7.74. The largest absolute Gasteiger partial charge is 0.493 e. The molecule has 0 atom stereocenters. The fourth-order valence-electron chi connectivity index (χ4n) is 2.46. The molecule has 0 saturated heterocycles. The van der Waals surface area contributed by atoms with E-state index in [1.165, 1.54) is 11.1 Å². The third-order valence-electron chi connectivity index (χ3n) is 3.47. The van der Waals surface area contributed by atoms with Gasteiger partial charge in [-0.05, 0) is 42.3 Å². The van der Waals surface area contributed by atoms with Crippen LogP contribution in [0.25, 0.3) is 11.4 Å². The van der Waals surface area contributed by atoms with Crippen LogP contribution in [0, 0.1) is 13.8 Å². The van der Waals surface area contributed by atoms with Crippen molar-refractivity contribution in [1.82, 2.24) is 35.0 Å². The number of hydrogen-bond acceptors (Lipinski definition) is 6. The van der Waals surface area contributed by atoms with Crippen molar-refractivity contribution in [3.63, 3.8) is 0 Å². The highest BCUT2D eigenvalue weighted by Gasteiger charge is 2.11. The Morgan fingerprint density at radius 2 is 1.96 bits per heavy atom. The van der Waals surface area contributed by atoms with Crippen molar-refractivity contribution in [3.8, 4) is 17.1 Å². The lowest BCUT2D eigenvalue weighted by Gasteiger charge is -2.13. The van der Waals surface area contributed by atoms with Gasteiger partial charge in [0, 0.05) is 18.5 Å². The highest BCUT2D eigenvalue weighted by molar-refractivity contribution is 5.60. The minimum absolute atomic E-state index is 0.622. The topological polar surface area (TPSA) is 83.5 Å². The molecule has 2 aromatic heterocycles. The number of ether oxygens (including phenoxy) is 1. The molecule has 0 N–H and O–H groups in total. The summed E-state index contributed by atoms with van der Waals surface area (Å²) in [5.41, 5.74) is 3.07. The van der Waals surface area contributed by atoms with Crippen LogP contribution in [0.5, 0.6) is 5.75 Å². The van der Waals surface area contributed by atoms with Crippen molar-refractivity contribution in [2.45, 2.75) is 26.8 Å². The predicted molar refractivity (Wildman–Crippen MR) is 83.8 cm³/mol. The molecule has 3 aromatic rings. The van der Waals surface area contributed by atoms with Crippen LogP contribution in [0.1, 0.15) is 17.5 Å². The first-order valence-corrected chi connectivity index (χ1v) is 7.44. The molecule has 120 valence electrons. The Kier molecular flexibility index (Phi) is 4.31. The molecule has 0 aliphatic carbocycles. The van der Waals surface area contributed by atoms with Crippen molar-refractivity contribution in [2.75, 3.05) is 6.61 Å². The number of aromatic nitrogens is 7. The fourth-order valence-corrected chi connectivity index (χ4v) is 2.46. The van der Waals surface area contributed by atoms with E-state index >= 15 is 0 Å². The van der Waals surface area contributed by atoms with Gasteiger partial charge in [-0.1, -0.05) is 0 Å². The molecule has 23 heavy (non-hydrogen) atoms. The summed E-state index contributed by atoms with van der Waals surface area (Å²) in [6, 6.07) is 4.05. The fraction of sp³-hybridized carbons (Fsp3) is 0.400. The van der Waals surface area contributed by atoms with E-state index in [-0.39, 0.29) is 0 Å². The number of tetrazole rings is 1. The van der Waals surface area contributed by atoms with E-state index in [1.807, 2.05) is 26.0 Å². The maximum absolute atomic E-state index is 5.94. The Bertz CT molecular complexity index is 756. The first-order valence-electron chi connectivity index (χ1n) is 7.44. The molecule has 8 nitrogen and oxygen atoms in total. The minimum Gasteiger partial charge on any atom is -0.493 e. The first-order chi connectivity index (χ1) is 11.1. The molecule has 1 aromatic carbocycles. The van der Waals surface area contributed by atoms with E-state index in [1.54, 1.807) is 18.1 Å². The molecule has 0 bridgehead atoms. The minimum atomic E-state index is 0.622. The summed E-state index contributed by atoms with van der Waals surface area (Å²) in [7, 11) is 1.75. The molecule has 0 unspecified atom stereocenters. The second-order valence-electron chi connectivity index (χ2n) is 5.40. The van der Waals surface area contributed by atoms with Crippen LogP contribution in [-0.2, 0) is 13.6 Å². The van der Waals surface area contributed by atoms with E-state index in [4.69, 9.17) is 4.74 Å². The molecule has 3 rings (SSSR count). The standard InChI is InChI=1S/C15H19N7O/c1-11-7-13(15-18-20-21(3)19-15)8-12(2)14(11)23-6-4-5-22-10-16-9-17-22/h7-10H,4-6H2,1-3H3. The molecule has 0 aliphatic rings. The third-order valence-corrected chi connectivity index (χ3v) is 3.47. The Morgan fingerprint density at radius 1 is 1.17 bits per heavy atom. The van der Waals surface area contributed by atoms with Crippen molar-refractivity contribution >= 4 is 0 Å². The quantitative estimate of drug-likeness (QED) is 0.642. The molecule has 0 radical (unpaired) electrons. The summed E-state index contributed by atoms with van der Waals surface area (Å²) in [4.78, 5) is 5.37. The molecular weight excluding hydrogens is 294 g/mol. The summed E-state index contributed by atoms with van der Waals surface area (Å²) in [6.07, 6.45) is 4.11. The molecule has 0 spiro atoms. The predicted octanol–water partition coefficient (Wildman–Crippen LogP) is 1.55. The Morgan fingerprint density at radius 3 is 2.57 bits per heavy atom. The molecule has 0 saturated carbocycles. The number of aryl methyl sites for hydroxylation is 4. The number of hydrogen-bond donors (Lipinski definition) is 0. The Balaban J connectivity index is 1.65. The van der Waals surface area contributed by atoms with Gasteiger partial charge in [-0.3, -0.25) is 4.68 Å². The van der Waals surface area contributed by atoms with Crippen LogP contribution < -0.4 is 4.74 Å². The van der Waals surface area contributed by atoms with Crippen LogP contribution in [0.3, 0.4) is 0 Å². The third kappa shape index (κ3) is 3.53. The Hall–Kier alpha value is -2.77. The van der Waals surface area contributed by atoms with Crippen LogP contribution in [0.15, 0.2) is 24.8 Å². The zero-order valence-corrected chi connectivity index (χ0v) is 13.5. The first kappa shape index (κ1) is 15.1. The number of nitrogens with zero attached hydrogens (tertiary/aromatic N) is 7. The van der Waals surface area contributed by atoms with Crippen molar-refractivity contribution in [3.05, 3.63) is 35.9 Å². The van der Waals surface area contributed by atoms with Crippen molar-refractivity contribution in [2.24, 2.45) is 7.05 Å². The highest BCUT2D eigenvalue weighted by atomic mass is 16.5. The van der Waals surface area contributed by atoms with E-state index < -0.39 is 0 Å². The molecule has 0 amide bonds. The summed E-state index contributed by atoms with van der Waals surface area (Å²) >= 11 is 0. The van der Waals surface area contributed by atoms with Crippen LogP contribution in [0.4, 0.5) is 0 Å². The van der Waals surface area contributed by atoms with Gasteiger partial charge in [0.15, 0.2) is 0 Å². The van der Waals surface area contributed by atoms with Gasteiger partial charge in [-0.25, -0.2) is 4.98 Å². The van der Waals surface area contributed by atoms with Crippen LogP contribution in [0.2, 0.25) is 0 Å². The van der Waals surface area contributed by atoms with Gasteiger partial charge < -0.3 is 4.74 Å². The molecule has 0 aliphatic heterocycles. The monoisotopic (exact) mass is 313 g/mol. The Labute approximate surface area is 134 Å². The second kappa shape index (κ2) is 6.55. The zero-order chi connectivity index (χ0) is 16.2. The molecule has 0 fully saturated rings. The summed E-state index contributed by atoms with van der Waals surface area (Å²) in [6.45, 7) is 5.48. The van der Waals surface area contributed by atoms with Gasteiger partial charge >= 0.3 is 0 Å². The van der Waals surface area contributed by atoms with Gasteiger partial charge in [0.1, 0.15) is 18.4 Å². The lowest BCUT2D eigenvalue weighted by molar-refractivity contribution is 0.295. The second-order valence-corrected chi connectivity index (χ2v) is 5.40. The van der Waals surface area contributed by atoms with Gasteiger partial charge in [-0.2, -0.15) is 9.90 Å². The van der Waals surface area contributed by atoms with Crippen molar-refractivity contribution in [1.29, 1.82) is 0 Å². The van der Waals surface area contributed by atoms with Gasteiger partial charge in [0.2, 0.25) is 5.82 Å². The lowest BCUT2D eigenvalue weighted by atomic mass is 10.1. The zero-order valence-electron chi connectivity index (χ0n) is 13.5. The maximum atomic E-state index is 5.94. The summed E-state index contributed by atoms with van der Waals surface area (Å²) in [5, 5.41) is 16.2. The van der Waals surface area contributed by atoms with E-state index in [2.05, 4.69) is 25.5 Å². The smallest absolute Gasteiger partial charge is 0.204 e. The van der Waals surface area contributed by atoms with Crippen LogP contribution in [-0.4, -0.2) is 41.6 Å². The lowest BCUT2D eigenvalue weighted by Crippen LogP contribution is -2.06. The van der Waals surface area contributed by atoms with Gasteiger partial charge in [0.25, 0.3) is 0 Å². The van der Waals surface area contributed by atoms with E-state index in [9.17, 15) is 0 Å². The van der Waals surface area contributed by atoms with E-state index in [0.717, 1.165) is 35.4 Å². The SMILES string of the molecule is Cc1cc(-c2nnn(C)n2)cc(C)c1OCCCn1cncn1.